The molecule has 3 saturated heterocycles. The zero-order chi connectivity index (χ0) is 18.4. The van der Waals surface area contributed by atoms with Gasteiger partial charge >= 0.3 is 0 Å². The Hall–Kier alpha value is -1.59. The van der Waals surface area contributed by atoms with E-state index in [0.717, 1.165) is 49.2 Å². The van der Waals surface area contributed by atoms with Crippen LogP contribution in [0.25, 0.3) is 0 Å². The maximum absolute atomic E-state index is 13.3. The van der Waals surface area contributed by atoms with Crippen LogP contribution in [0.1, 0.15) is 42.4 Å². The SMILES string of the molecule is Cc1cc(C)c(N2CC(C(=O)N3C4CCNCC3CC4)CC2=O)c(C)c1.Cl. The summed E-state index contributed by atoms with van der Waals surface area (Å²) in [6.45, 7) is 8.58. The topological polar surface area (TPSA) is 52.7 Å². The predicted molar refractivity (Wildman–Crippen MR) is 110 cm³/mol. The summed E-state index contributed by atoms with van der Waals surface area (Å²) in [7, 11) is 0. The highest BCUT2D eigenvalue weighted by Crippen LogP contribution is 2.35. The highest BCUT2D eigenvalue weighted by molar-refractivity contribution is 6.01. The molecule has 0 saturated carbocycles. The summed E-state index contributed by atoms with van der Waals surface area (Å²) in [4.78, 5) is 30.0. The van der Waals surface area contributed by atoms with Crippen molar-refractivity contribution in [3.05, 3.63) is 28.8 Å². The molecule has 3 aliphatic heterocycles. The van der Waals surface area contributed by atoms with Crippen molar-refractivity contribution < 1.29 is 9.59 Å². The number of nitrogens with one attached hydrogen (secondary N) is 1. The van der Waals surface area contributed by atoms with E-state index < -0.39 is 0 Å². The Kier molecular flexibility index (Phi) is 5.82. The Morgan fingerprint density at radius 1 is 1.07 bits per heavy atom. The second-order valence-corrected chi connectivity index (χ2v) is 8.28. The van der Waals surface area contributed by atoms with Crippen LogP contribution >= 0.6 is 12.4 Å². The molecule has 0 spiro atoms. The number of hydrogen-bond acceptors (Lipinski definition) is 3. The molecule has 1 aromatic carbocycles. The van der Waals surface area contributed by atoms with E-state index in [4.69, 9.17) is 0 Å². The summed E-state index contributed by atoms with van der Waals surface area (Å²) >= 11 is 0. The Labute approximate surface area is 167 Å². The van der Waals surface area contributed by atoms with Crippen LogP contribution in [0.15, 0.2) is 12.1 Å². The van der Waals surface area contributed by atoms with E-state index in [1.54, 1.807) is 0 Å². The minimum Gasteiger partial charge on any atom is -0.335 e. The first-order valence-corrected chi connectivity index (χ1v) is 9.87. The first-order valence-electron chi connectivity index (χ1n) is 9.87. The van der Waals surface area contributed by atoms with E-state index in [0.29, 0.717) is 25.0 Å². The average molecular weight is 392 g/mol. The Morgan fingerprint density at radius 2 is 1.74 bits per heavy atom. The number of anilines is 1. The fourth-order valence-corrected chi connectivity index (χ4v) is 5.24. The summed E-state index contributed by atoms with van der Waals surface area (Å²) in [6.07, 6.45) is 3.57. The molecule has 0 radical (unpaired) electrons. The Morgan fingerprint density at radius 3 is 2.44 bits per heavy atom. The van der Waals surface area contributed by atoms with Gasteiger partial charge < -0.3 is 15.1 Å². The van der Waals surface area contributed by atoms with Gasteiger partial charge in [-0.05, 0) is 57.7 Å². The molecule has 148 valence electrons. The monoisotopic (exact) mass is 391 g/mol. The number of carbonyl (C=O) groups excluding carboxylic acids is 2. The van der Waals surface area contributed by atoms with E-state index in [-0.39, 0.29) is 30.1 Å². The maximum Gasteiger partial charge on any atom is 0.228 e. The smallest absolute Gasteiger partial charge is 0.228 e. The lowest BCUT2D eigenvalue weighted by molar-refractivity contribution is -0.138. The Balaban J connectivity index is 0.00000210. The third-order valence-electron chi connectivity index (χ3n) is 6.29. The van der Waals surface area contributed by atoms with Gasteiger partial charge in [0.15, 0.2) is 0 Å². The van der Waals surface area contributed by atoms with Crippen LogP contribution in [0.5, 0.6) is 0 Å². The standard InChI is InChI=1S/C21H29N3O2.ClH/c1-13-8-14(2)20(15(3)9-13)23-12-16(10-19(23)25)21(26)24-17-4-5-18(24)11-22-7-6-17;/h8-9,16-18,22H,4-7,10-12H2,1-3H3;1H. The number of carbonyl (C=O) groups is 2. The van der Waals surface area contributed by atoms with Gasteiger partial charge in [-0.2, -0.15) is 0 Å². The Bertz CT molecular complexity index is 714. The van der Waals surface area contributed by atoms with Gasteiger partial charge in [-0.1, -0.05) is 17.7 Å². The lowest BCUT2D eigenvalue weighted by Gasteiger charge is -2.30. The molecule has 3 unspecified atom stereocenters. The third kappa shape index (κ3) is 3.59. The molecule has 6 heteroatoms. The fourth-order valence-electron chi connectivity index (χ4n) is 5.24. The molecule has 3 atom stereocenters. The normalized spacial score (nSPS) is 27.5. The van der Waals surface area contributed by atoms with E-state index >= 15 is 0 Å². The van der Waals surface area contributed by atoms with Crippen LogP contribution in [0.4, 0.5) is 5.69 Å². The molecule has 2 bridgehead atoms. The number of rotatable bonds is 2. The van der Waals surface area contributed by atoms with E-state index in [2.05, 4.69) is 43.1 Å². The second-order valence-electron chi connectivity index (χ2n) is 8.28. The molecule has 0 aliphatic carbocycles. The fraction of sp³-hybridized carbons (Fsp3) is 0.619. The summed E-state index contributed by atoms with van der Waals surface area (Å²) in [5, 5.41) is 3.45. The third-order valence-corrected chi connectivity index (χ3v) is 6.29. The van der Waals surface area contributed by atoms with Gasteiger partial charge in [0.25, 0.3) is 0 Å². The summed E-state index contributed by atoms with van der Waals surface area (Å²) in [5.41, 5.74) is 4.43. The average Bonchev–Trinajstić information content (AvgIpc) is 3.05. The second kappa shape index (κ2) is 7.80. The van der Waals surface area contributed by atoms with Crippen molar-refractivity contribution in [2.24, 2.45) is 5.92 Å². The number of nitrogens with zero attached hydrogens (tertiary/aromatic N) is 2. The number of benzene rings is 1. The zero-order valence-corrected chi connectivity index (χ0v) is 17.3. The quantitative estimate of drug-likeness (QED) is 0.843. The first kappa shape index (κ1) is 20.2. The lowest BCUT2D eigenvalue weighted by Crippen LogP contribution is -2.46. The molecule has 0 aromatic heterocycles. The van der Waals surface area contributed by atoms with Gasteiger partial charge in [0.1, 0.15) is 0 Å². The zero-order valence-electron chi connectivity index (χ0n) is 16.5. The van der Waals surface area contributed by atoms with Gasteiger partial charge in [0.05, 0.1) is 5.92 Å². The molecule has 3 aliphatic rings. The van der Waals surface area contributed by atoms with Gasteiger partial charge in [0, 0.05) is 37.3 Å². The van der Waals surface area contributed by atoms with Crippen LogP contribution in [-0.4, -0.2) is 48.4 Å². The number of halogens is 1. The van der Waals surface area contributed by atoms with Crippen LogP contribution in [0.3, 0.4) is 0 Å². The lowest BCUT2D eigenvalue weighted by atomic mass is 10.0. The van der Waals surface area contributed by atoms with Crippen LogP contribution in [-0.2, 0) is 9.59 Å². The van der Waals surface area contributed by atoms with Crippen molar-refractivity contribution in [2.75, 3.05) is 24.5 Å². The van der Waals surface area contributed by atoms with E-state index in [1.165, 1.54) is 5.56 Å². The molecule has 5 nitrogen and oxygen atoms in total. The minimum absolute atomic E-state index is 0. The number of hydrogen-bond donors (Lipinski definition) is 1. The van der Waals surface area contributed by atoms with Crippen LogP contribution < -0.4 is 10.2 Å². The molecule has 4 rings (SSSR count). The molecule has 2 amide bonds. The highest BCUT2D eigenvalue weighted by Gasteiger charge is 2.44. The molecule has 1 aromatic rings. The molecule has 1 N–H and O–H groups in total. The van der Waals surface area contributed by atoms with Crippen LogP contribution in [0.2, 0.25) is 0 Å². The minimum atomic E-state index is -0.205. The summed E-state index contributed by atoms with van der Waals surface area (Å²) < 4.78 is 0. The van der Waals surface area contributed by atoms with Crippen molar-refractivity contribution in [1.82, 2.24) is 10.2 Å². The van der Waals surface area contributed by atoms with Crippen molar-refractivity contribution >= 4 is 29.9 Å². The van der Waals surface area contributed by atoms with Crippen molar-refractivity contribution in [3.63, 3.8) is 0 Å². The van der Waals surface area contributed by atoms with E-state index in [1.807, 2.05) is 4.90 Å². The summed E-state index contributed by atoms with van der Waals surface area (Å²) in [5.74, 6) is 0.0713. The molecular weight excluding hydrogens is 362 g/mol. The van der Waals surface area contributed by atoms with Gasteiger partial charge in [-0.25, -0.2) is 0 Å². The molecule has 3 fully saturated rings. The van der Waals surface area contributed by atoms with Crippen molar-refractivity contribution in [1.29, 1.82) is 0 Å². The van der Waals surface area contributed by atoms with Gasteiger partial charge in [0.2, 0.25) is 11.8 Å². The molecule has 3 heterocycles. The number of aryl methyl sites for hydroxylation is 3. The van der Waals surface area contributed by atoms with Crippen molar-refractivity contribution in [2.45, 2.75) is 58.5 Å². The highest BCUT2D eigenvalue weighted by atomic mass is 35.5. The van der Waals surface area contributed by atoms with Crippen LogP contribution in [0, 0.1) is 26.7 Å². The number of fused-ring (bicyclic) bond motifs is 2. The predicted octanol–water partition coefficient (Wildman–Crippen LogP) is 2.74. The van der Waals surface area contributed by atoms with E-state index in [9.17, 15) is 9.59 Å². The van der Waals surface area contributed by atoms with Gasteiger partial charge in [-0.15, -0.1) is 12.4 Å². The molecular formula is C21H30ClN3O2. The molecule has 27 heavy (non-hydrogen) atoms. The van der Waals surface area contributed by atoms with Gasteiger partial charge in [-0.3, -0.25) is 9.59 Å². The largest absolute Gasteiger partial charge is 0.335 e. The first-order chi connectivity index (χ1) is 12.5. The number of amides is 2. The maximum atomic E-state index is 13.3. The summed E-state index contributed by atoms with van der Waals surface area (Å²) in [6, 6.07) is 4.90. The van der Waals surface area contributed by atoms with Crippen molar-refractivity contribution in [3.8, 4) is 0 Å².